The number of para-hydroxylation sites is 1. The van der Waals surface area contributed by atoms with Gasteiger partial charge in [-0.3, -0.25) is 4.79 Å². The maximum Gasteiger partial charge on any atom is 0.164 e. The summed E-state index contributed by atoms with van der Waals surface area (Å²) < 4.78 is 0. The van der Waals surface area contributed by atoms with Gasteiger partial charge in [-0.25, -0.2) is 0 Å². The number of carbonyl (C=O) groups excluding carboxylic acids is 1. The third-order valence-corrected chi connectivity index (χ3v) is 3.03. The summed E-state index contributed by atoms with van der Waals surface area (Å²) >= 11 is 3.37. The van der Waals surface area contributed by atoms with Crippen LogP contribution in [0.4, 0.5) is 5.69 Å². The Morgan fingerprint density at radius 3 is 2.56 bits per heavy atom. The second-order valence-corrected chi connectivity index (χ2v) is 4.77. The van der Waals surface area contributed by atoms with Crippen molar-refractivity contribution in [1.82, 2.24) is 0 Å². The van der Waals surface area contributed by atoms with Crippen molar-refractivity contribution in [2.24, 2.45) is 0 Å². The van der Waals surface area contributed by atoms with E-state index in [1.807, 2.05) is 43.3 Å². The first-order valence-electron chi connectivity index (χ1n) is 5.52. The summed E-state index contributed by atoms with van der Waals surface area (Å²) in [6.45, 7) is 0. The average Bonchev–Trinajstić information content (AvgIpc) is 2.29. The highest BCUT2D eigenvalue weighted by molar-refractivity contribution is 9.09. The predicted octanol–water partition coefficient (Wildman–Crippen LogP) is 3.50. The molecule has 0 aliphatic rings. The van der Waals surface area contributed by atoms with Crippen LogP contribution in [0.2, 0.25) is 0 Å². The topological polar surface area (TPSA) is 20.3 Å². The number of hydrogen-bond acceptors (Lipinski definition) is 2. The lowest BCUT2D eigenvalue weighted by Gasteiger charge is -2.16. The van der Waals surface area contributed by atoms with E-state index in [2.05, 4.69) is 15.9 Å². The molecule has 0 saturated carbocycles. The second-order valence-electron chi connectivity index (χ2n) is 3.98. The molecule has 0 aromatic heterocycles. The fraction of sp³-hybridized carbons (Fsp3) is 0.462. The minimum absolute atomic E-state index is 0.241. The van der Waals surface area contributed by atoms with Crippen molar-refractivity contribution < 1.29 is 4.79 Å². The van der Waals surface area contributed by atoms with Gasteiger partial charge in [0.1, 0.15) is 0 Å². The number of nitrogens with zero attached hydrogens (tertiary/aromatic N) is 1. The SMILES string of the molecule is CN(C)c1ccccc1C(=O)CCCCBr. The summed E-state index contributed by atoms with van der Waals surface area (Å²) in [6, 6.07) is 7.78. The standard InChI is InChI=1S/C13H18BrNO/c1-15(2)12-8-4-3-7-11(12)13(16)9-5-6-10-14/h3-4,7-8H,5-6,9-10H2,1-2H3. The maximum absolute atomic E-state index is 12.0. The molecule has 0 unspecified atom stereocenters. The number of halogens is 1. The van der Waals surface area contributed by atoms with Crippen LogP contribution in [0.3, 0.4) is 0 Å². The Bertz CT molecular complexity index is 350. The zero-order valence-corrected chi connectivity index (χ0v) is 11.5. The van der Waals surface area contributed by atoms with Crippen LogP contribution in [0, 0.1) is 0 Å². The highest BCUT2D eigenvalue weighted by Crippen LogP contribution is 2.20. The van der Waals surface area contributed by atoms with Gasteiger partial charge >= 0.3 is 0 Å². The van der Waals surface area contributed by atoms with E-state index in [0.29, 0.717) is 6.42 Å². The zero-order valence-electron chi connectivity index (χ0n) is 9.87. The Kier molecular flexibility index (Phi) is 5.53. The number of anilines is 1. The average molecular weight is 284 g/mol. The highest BCUT2D eigenvalue weighted by Gasteiger charge is 2.11. The van der Waals surface area contributed by atoms with Crippen molar-refractivity contribution in [3.63, 3.8) is 0 Å². The van der Waals surface area contributed by atoms with Crippen LogP contribution in [-0.4, -0.2) is 25.2 Å². The van der Waals surface area contributed by atoms with Crippen molar-refractivity contribution in [2.75, 3.05) is 24.3 Å². The van der Waals surface area contributed by atoms with E-state index in [4.69, 9.17) is 0 Å². The molecule has 0 spiro atoms. The minimum atomic E-state index is 0.241. The Hall–Kier alpha value is -0.830. The third kappa shape index (κ3) is 3.63. The molecule has 88 valence electrons. The van der Waals surface area contributed by atoms with Crippen LogP contribution in [0.15, 0.2) is 24.3 Å². The van der Waals surface area contributed by atoms with Crippen LogP contribution in [0.25, 0.3) is 0 Å². The van der Waals surface area contributed by atoms with Crippen molar-refractivity contribution in [3.8, 4) is 0 Å². The summed E-state index contributed by atoms with van der Waals surface area (Å²) in [7, 11) is 3.93. The molecule has 1 rings (SSSR count). The van der Waals surface area contributed by atoms with Crippen molar-refractivity contribution in [2.45, 2.75) is 19.3 Å². The van der Waals surface area contributed by atoms with Crippen LogP contribution in [-0.2, 0) is 0 Å². The summed E-state index contributed by atoms with van der Waals surface area (Å²) in [4.78, 5) is 14.0. The van der Waals surface area contributed by atoms with Crippen LogP contribution in [0.5, 0.6) is 0 Å². The molecule has 0 heterocycles. The lowest BCUT2D eigenvalue weighted by Crippen LogP contribution is -2.13. The summed E-state index contributed by atoms with van der Waals surface area (Å²) in [5.74, 6) is 0.241. The molecule has 0 bridgehead atoms. The monoisotopic (exact) mass is 283 g/mol. The number of alkyl halides is 1. The normalized spacial score (nSPS) is 10.2. The Balaban J connectivity index is 2.74. The molecule has 0 fully saturated rings. The number of carbonyl (C=O) groups is 1. The number of unbranched alkanes of at least 4 members (excludes halogenated alkanes) is 1. The third-order valence-electron chi connectivity index (χ3n) is 2.47. The first kappa shape index (κ1) is 13.2. The van der Waals surface area contributed by atoms with E-state index < -0.39 is 0 Å². The lowest BCUT2D eigenvalue weighted by molar-refractivity contribution is 0.0980. The van der Waals surface area contributed by atoms with Crippen LogP contribution >= 0.6 is 15.9 Å². The first-order chi connectivity index (χ1) is 7.66. The van der Waals surface area contributed by atoms with Crippen molar-refractivity contribution >= 4 is 27.4 Å². The van der Waals surface area contributed by atoms with Gasteiger partial charge in [-0.2, -0.15) is 0 Å². The van der Waals surface area contributed by atoms with Crippen molar-refractivity contribution in [3.05, 3.63) is 29.8 Å². The fourth-order valence-electron chi connectivity index (χ4n) is 1.61. The molecule has 1 aromatic rings. The predicted molar refractivity (Wildman–Crippen MR) is 72.7 cm³/mol. The first-order valence-corrected chi connectivity index (χ1v) is 6.64. The minimum Gasteiger partial charge on any atom is -0.377 e. The number of benzene rings is 1. The molecule has 0 amide bonds. The smallest absolute Gasteiger partial charge is 0.164 e. The number of rotatable bonds is 6. The van der Waals surface area contributed by atoms with E-state index in [0.717, 1.165) is 29.4 Å². The van der Waals surface area contributed by atoms with Gasteiger partial charge < -0.3 is 4.90 Å². The lowest BCUT2D eigenvalue weighted by atomic mass is 10.0. The Morgan fingerprint density at radius 2 is 1.94 bits per heavy atom. The van der Waals surface area contributed by atoms with Gasteiger partial charge in [-0.1, -0.05) is 28.1 Å². The molecule has 16 heavy (non-hydrogen) atoms. The van der Waals surface area contributed by atoms with E-state index in [9.17, 15) is 4.79 Å². The van der Waals surface area contributed by atoms with Crippen LogP contribution < -0.4 is 4.90 Å². The number of hydrogen-bond donors (Lipinski definition) is 0. The second kappa shape index (κ2) is 6.69. The van der Waals surface area contributed by atoms with E-state index >= 15 is 0 Å². The molecule has 0 aliphatic heterocycles. The van der Waals surface area contributed by atoms with Gasteiger partial charge in [0.15, 0.2) is 5.78 Å². The van der Waals surface area contributed by atoms with Gasteiger partial charge in [-0.15, -0.1) is 0 Å². The van der Waals surface area contributed by atoms with E-state index in [1.54, 1.807) is 0 Å². The molecule has 0 radical (unpaired) electrons. The largest absolute Gasteiger partial charge is 0.377 e. The molecular weight excluding hydrogens is 266 g/mol. The van der Waals surface area contributed by atoms with E-state index in [-0.39, 0.29) is 5.78 Å². The van der Waals surface area contributed by atoms with E-state index in [1.165, 1.54) is 0 Å². The maximum atomic E-state index is 12.0. The number of Topliss-reactive ketones (excluding diaryl/α,β-unsaturated/α-hetero) is 1. The molecular formula is C13H18BrNO. The van der Waals surface area contributed by atoms with Gasteiger partial charge in [0, 0.05) is 37.1 Å². The quantitative estimate of drug-likeness (QED) is 0.452. The van der Waals surface area contributed by atoms with Gasteiger partial charge in [-0.05, 0) is 25.0 Å². The van der Waals surface area contributed by atoms with Crippen LogP contribution in [0.1, 0.15) is 29.6 Å². The molecule has 0 saturated heterocycles. The Morgan fingerprint density at radius 1 is 1.25 bits per heavy atom. The summed E-state index contributed by atoms with van der Waals surface area (Å²) in [5.41, 5.74) is 1.84. The molecule has 3 heteroatoms. The molecule has 0 atom stereocenters. The number of ketones is 1. The van der Waals surface area contributed by atoms with Crippen molar-refractivity contribution in [1.29, 1.82) is 0 Å². The molecule has 0 N–H and O–H groups in total. The molecule has 1 aromatic carbocycles. The molecule has 0 aliphatic carbocycles. The summed E-state index contributed by atoms with van der Waals surface area (Å²) in [6.07, 6.45) is 2.64. The highest BCUT2D eigenvalue weighted by atomic mass is 79.9. The van der Waals surface area contributed by atoms with Gasteiger partial charge in [0.05, 0.1) is 0 Å². The van der Waals surface area contributed by atoms with Gasteiger partial charge in [0.2, 0.25) is 0 Å². The van der Waals surface area contributed by atoms with Gasteiger partial charge in [0.25, 0.3) is 0 Å². The fourth-order valence-corrected chi connectivity index (χ4v) is 2.01. The Labute approximate surface area is 106 Å². The molecule has 2 nitrogen and oxygen atoms in total. The summed E-state index contributed by atoms with van der Waals surface area (Å²) in [5, 5.41) is 0.968. The zero-order chi connectivity index (χ0) is 12.0.